The standard InChI is InChI=1S/C21H28ClN3O4S/c1-5-25(6-2)30(27,28)20-14-18(11-12-19(20)29-7-3)23-15(4)21(26)24-17-10-8-9-16(22)13-17/h8-15,23H,5-7H2,1-4H3,(H,24,26)/t15-/m1/s1. The fourth-order valence-corrected chi connectivity index (χ4v) is 4.71. The van der Waals surface area contributed by atoms with Crippen LogP contribution in [-0.4, -0.2) is 44.4 Å². The lowest BCUT2D eigenvalue weighted by Crippen LogP contribution is -2.32. The van der Waals surface area contributed by atoms with Gasteiger partial charge >= 0.3 is 0 Å². The van der Waals surface area contributed by atoms with Crippen LogP contribution in [0.3, 0.4) is 0 Å². The van der Waals surface area contributed by atoms with Crippen molar-refractivity contribution in [3.63, 3.8) is 0 Å². The summed E-state index contributed by atoms with van der Waals surface area (Å²) < 4.78 is 33.0. The first-order chi connectivity index (χ1) is 14.2. The normalized spacial score (nSPS) is 12.5. The highest BCUT2D eigenvalue weighted by atomic mass is 35.5. The van der Waals surface area contributed by atoms with E-state index in [1.165, 1.54) is 10.4 Å². The van der Waals surface area contributed by atoms with Gasteiger partial charge in [0.1, 0.15) is 16.7 Å². The molecule has 1 atom stereocenters. The van der Waals surface area contributed by atoms with Crippen LogP contribution < -0.4 is 15.4 Å². The van der Waals surface area contributed by atoms with Gasteiger partial charge in [-0.3, -0.25) is 4.79 Å². The molecule has 0 saturated carbocycles. The lowest BCUT2D eigenvalue weighted by atomic mass is 10.2. The van der Waals surface area contributed by atoms with Gasteiger partial charge in [-0.25, -0.2) is 8.42 Å². The van der Waals surface area contributed by atoms with E-state index in [1.54, 1.807) is 64.1 Å². The van der Waals surface area contributed by atoms with E-state index in [9.17, 15) is 13.2 Å². The Morgan fingerprint density at radius 3 is 2.40 bits per heavy atom. The van der Waals surface area contributed by atoms with Gasteiger partial charge in [-0.15, -0.1) is 0 Å². The van der Waals surface area contributed by atoms with Gasteiger partial charge < -0.3 is 15.4 Å². The Bertz CT molecular complexity index is 978. The predicted octanol–water partition coefficient (Wildman–Crippen LogP) is 4.21. The van der Waals surface area contributed by atoms with Gasteiger partial charge in [0.15, 0.2) is 0 Å². The topological polar surface area (TPSA) is 87.7 Å². The smallest absolute Gasteiger partial charge is 0.246 e. The minimum absolute atomic E-state index is 0.0699. The summed E-state index contributed by atoms with van der Waals surface area (Å²) in [6.45, 7) is 8.08. The summed E-state index contributed by atoms with van der Waals surface area (Å²) >= 11 is 5.95. The van der Waals surface area contributed by atoms with Gasteiger partial charge in [-0.2, -0.15) is 4.31 Å². The zero-order valence-electron chi connectivity index (χ0n) is 17.6. The first-order valence-corrected chi connectivity index (χ1v) is 11.6. The number of amides is 1. The molecule has 0 heterocycles. The van der Waals surface area contributed by atoms with Crippen molar-refractivity contribution in [2.24, 2.45) is 0 Å². The molecular formula is C21H28ClN3O4S. The van der Waals surface area contributed by atoms with Crippen molar-refractivity contribution in [3.05, 3.63) is 47.5 Å². The molecule has 0 aromatic heterocycles. The monoisotopic (exact) mass is 453 g/mol. The van der Waals surface area contributed by atoms with Crippen LogP contribution in [0.1, 0.15) is 27.7 Å². The number of carbonyl (C=O) groups is 1. The Kier molecular flexibility index (Phi) is 8.52. The second kappa shape index (κ2) is 10.7. The van der Waals surface area contributed by atoms with Gasteiger partial charge in [-0.05, 0) is 50.2 Å². The highest BCUT2D eigenvalue weighted by Crippen LogP contribution is 2.30. The third-order valence-electron chi connectivity index (χ3n) is 4.44. The van der Waals surface area contributed by atoms with E-state index >= 15 is 0 Å². The van der Waals surface area contributed by atoms with Gasteiger partial charge in [-0.1, -0.05) is 31.5 Å². The summed E-state index contributed by atoms with van der Waals surface area (Å²) in [4.78, 5) is 12.6. The minimum atomic E-state index is -3.73. The van der Waals surface area contributed by atoms with E-state index in [0.29, 0.717) is 36.1 Å². The van der Waals surface area contributed by atoms with Crippen LogP contribution >= 0.6 is 11.6 Å². The second-order valence-electron chi connectivity index (χ2n) is 6.55. The number of benzene rings is 2. The van der Waals surface area contributed by atoms with Crippen molar-refractivity contribution in [3.8, 4) is 5.75 Å². The molecule has 0 spiro atoms. The van der Waals surface area contributed by atoms with Crippen LogP contribution in [0, 0.1) is 0 Å². The molecular weight excluding hydrogens is 426 g/mol. The van der Waals surface area contributed by atoms with Gasteiger partial charge in [0.2, 0.25) is 15.9 Å². The second-order valence-corrected chi connectivity index (χ2v) is 8.89. The third kappa shape index (κ3) is 5.87. The molecule has 0 fully saturated rings. The van der Waals surface area contributed by atoms with Crippen molar-refractivity contribution < 1.29 is 17.9 Å². The molecule has 0 unspecified atom stereocenters. The molecule has 164 valence electrons. The number of ether oxygens (including phenoxy) is 1. The number of carbonyl (C=O) groups excluding carboxylic acids is 1. The Balaban J connectivity index is 2.26. The summed E-state index contributed by atoms with van der Waals surface area (Å²) in [6.07, 6.45) is 0. The predicted molar refractivity (Wildman–Crippen MR) is 121 cm³/mol. The number of sulfonamides is 1. The molecule has 0 aliphatic rings. The highest BCUT2D eigenvalue weighted by molar-refractivity contribution is 7.89. The quantitative estimate of drug-likeness (QED) is 0.562. The summed E-state index contributed by atoms with van der Waals surface area (Å²) in [6, 6.07) is 11.0. The maximum atomic E-state index is 13.1. The SMILES string of the molecule is CCOc1ccc(N[C@H](C)C(=O)Nc2cccc(Cl)c2)cc1S(=O)(=O)N(CC)CC. The maximum Gasteiger partial charge on any atom is 0.246 e. The zero-order chi connectivity index (χ0) is 22.3. The Morgan fingerprint density at radius 1 is 1.10 bits per heavy atom. The van der Waals surface area contributed by atoms with Crippen molar-refractivity contribution in [1.82, 2.24) is 4.31 Å². The summed E-state index contributed by atoms with van der Waals surface area (Å²) in [5, 5.41) is 6.35. The van der Waals surface area contributed by atoms with E-state index < -0.39 is 16.1 Å². The largest absolute Gasteiger partial charge is 0.492 e. The van der Waals surface area contributed by atoms with E-state index in [1.807, 2.05) is 0 Å². The summed E-state index contributed by atoms with van der Waals surface area (Å²) in [5.41, 5.74) is 1.08. The van der Waals surface area contributed by atoms with Crippen molar-refractivity contribution in [2.75, 3.05) is 30.3 Å². The lowest BCUT2D eigenvalue weighted by Gasteiger charge is -2.22. The minimum Gasteiger partial charge on any atom is -0.492 e. The molecule has 2 rings (SSSR count). The van der Waals surface area contributed by atoms with Crippen LogP contribution in [-0.2, 0) is 14.8 Å². The lowest BCUT2D eigenvalue weighted by molar-refractivity contribution is -0.116. The number of nitrogens with zero attached hydrogens (tertiary/aromatic N) is 1. The molecule has 0 bridgehead atoms. The van der Waals surface area contributed by atoms with E-state index in [4.69, 9.17) is 16.3 Å². The Labute approximate surface area is 183 Å². The first-order valence-electron chi connectivity index (χ1n) is 9.82. The van der Waals surface area contributed by atoms with Gasteiger partial charge in [0, 0.05) is 29.5 Å². The third-order valence-corrected chi connectivity index (χ3v) is 6.74. The molecule has 2 N–H and O–H groups in total. The number of hydrogen-bond donors (Lipinski definition) is 2. The molecule has 1 amide bonds. The molecule has 0 aliphatic heterocycles. The molecule has 2 aromatic carbocycles. The molecule has 9 heteroatoms. The number of rotatable bonds is 10. The maximum absolute atomic E-state index is 13.1. The van der Waals surface area contributed by atoms with Crippen LogP contribution in [0.5, 0.6) is 5.75 Å². The average Bonchev–Trinajstić information content (AvgIpc) is 2.70. The first kappa shape index (κ1) is 24.0. The van der Waals surface area contributed by atoms with Crippen LogP contribution in [0.25, 0.3) is 0 Å². The van der Waals surface area contributed by atoms with Gasteiger partial charge in [0.25, 0.3) is 0 Å². The fraction of sp³-hybridized carbons (Fsp3) is 0.381. The average molecular weight is 454 g/mol. The van der Waals surface area contributed by atoms with Crippen molar-refractivity contribution in [1.29, 1.82) is 0 Å². The number of hydrogen-bond acceptors (Lipinski definition) is 5. The fourth-order valence-electron chi connectivity index (χ4n) is 2.91. The van der Waals surface area contributed by atoms with E-state index in [2.05, 4.69) is 10.6 Å². The summed E-state index contributed by atoms with van der Waals surface area (Å²) in [7, 11) is -3.73. The van der Waals surface area contributed by atoms with E-state index in [0.717, 1.165) is 0 Å². The zero-order valence-corrected chi connectivity index (χ0v) is 19.2. The van der Waals surface area contributed by atoms with Crippen LogP contribution in [0.15, 0.2) is 47.4 Å². The summed E-state index contributed by atoms with van der Waals surface area (Å²) in [5.74, 6) is 0.00489. The van der Waals surface area contributed by atoms with E-state index in [-0.39, 0.29) is 16.6 Å². The van der Waals surface area contributed by atoms with Crippen LogP contribution in [0.4, 0.5) is 11.4 Å². The van der Waals surface area contributed by atoms with Crippen molar-refractivity contribution >= 4 is 38.9 Å². The van der Waals surface area contributed by atoms with Gasteiger partial charge in [0.05, 0.1) is 6.61 Å². The molecule has 7 nitrogen and oxygen atoms in total. The Hall–Kier alpha value is -2.29. The number of nitrogens with one attached hydrogen (secondary N) is 2. The molecule has 0 aliphatic carbocycles. The Morgan fingerprint density at radius 2 is 1.80 bits per heavy atom. The van der Waals surface area contributed by atoms with Crippen LogP contribution in [0.2, 0.25) is 5.02 Å². The number of anilines is 2. The number of halogens is 1. The molecule has 2 aromatic rings. The molecule has 0 radical (unpaired) electrons. The molecule has 30 heavy (non-hydrogen) atoms. The molecule has 0 saturated heterocycles. The highest BCUT2D eigenvalue weighted by Gasteiger charge is 2.26. The van der Waals surface area contributed by atoms with Crippen molar-refractivity contribution in [2.45, 2.75) is 38.6 Å².